The molecule has 0 spiro atoms. The third-order valence-electron chi connectivity index (χ3n) is 19.2. The summed E-state index contributed by atoms with van der Waals surface area (Å²) in [5.41, 5.74) is 3.52. The van der Waals surface area contributed by atoms with E-state index in [9.17, 15) is 109 Å². The van der Waals surface area contributed by atoms with Gasteiger partial charge in [0.05, 0.1) is 21.3 Å². The second-order valence-corrected chi connectivity index (χ2v) is 36.6. The Morgan fingerprint density at radius 3 is 1.79 bits per heavy atom. The molecule has 40 heteroatoms. The highest BCUT2D eigenvalue weighted by Gasteiger charge is 2.41. The molecule has 0 bridgehead atoms. The van der Waals surface area contributed by atoms with Crippen molar-refractivity contribution in [2.75, 3.05) is 82.1 Å². The maximum absolute atomic E-state index is 14.3. The number of aliphatic imine (C=N–C) groups is 1. The van der Waals surface area contributed by atoms with E-state index in [1.807, 2.05) is 46.0 Å². The minimum atomic E-state index is -4.84. The average molecular weight is 1710 g/mol. The van der Waals surface area contributed by atoms with E-state index in [-0.39, 0.29) is 93.1 Å². The van der Waals surface area contributed by atoms with E-state index >= 15 is 0 Å². The van der Waals surface area contributed by atoms with Crippen LogP contribution in [0.3, 0.4) is 0 Å². The molecule has 0 radical (unpaired) electrons. The van der Waals surface area contributed by atoms with Gasteiger partial charge in [0.1, 0.15) is 41.4 Å². The Bertz CT molecular complexity index is 4960. The smallest absolute Gasteiger partial charge is 0.327 e. The maximum atomic E-state index is 14.3. The van der Waals surface area contributed by atoms with E-state index in [0.717, 1.165) is 0 Å². The Kier molecular flexibility index (Phi) is 34.1. The van der Waals surface area contributed by atoms with Crippen LogP contribution in [0, 0.1) is 6.92 Å². The molecule has 0 aromatic heterocycles. The summed E-state index contributed by atoms with van der Waals surface area (Å²) < 4.78 is 174. The number of aliphatic carboxylic acids is 3. The summed E-state index contributed by atoms with van der Waals surface area (Å²) in [7, 11) is -19.3. The number of carboxylic acid groups (broad SMARTS) is 3. The first kappa shape index (κ1) is 94.5. The second kappa shape index (κ2) is 41.5. The van der Waals surface area contributed by atoms with Crippen molar-refractivity contribution in [3.8, 4) is 5.75 Å². The zero-order valence-corrected chi connectivity index (χ0v) is 68.7. The number of ether oxygens (including phenoxy) is 1. The topological polar surface area (TPSA) is 543 Å². The number of likely N-dealkylation sites (N-methyl/N-ethyl adjacent to an activating group) is 2. The van der Waals surface area contributed by atoms with Gasteiger partial charge in [0.25, 0.3) is 50.6 Å². The van der Waals surface area contributed by atoms with Gasteiger partial charge in [0.15, 0.2) is 0 Å². The lowest BCUT2D eigenvalue weighted by molar-refractivity contribution is -0.142. The van der Waals surface area contributed by atoms with E-state index in [1.54, 1.807) is 119 Å². The standard InChI is InChI=1S/C75H101N9O26S5/c1-49-20-27-55(114(104,105)106)46-57(49)74(2,3)64(76-35-11-13-42-111(95,96)97)31-23-52-18-15-19-53(24-32-65-75(4,5)58-47-56(115(107,108)109)28-30-63(58)84(65)37-12-14-43-112(98,99)100)68(52)110-54-25-21-51(22-26-54)45-61(71(90)91)79-69(87)60(44-50-16-9-8-10-17-50)78-67(86)34-38-82(6)40-41-83(7)39-36-77-66(85)33-29-59(70(88)89)80-73(94)81-62(72(92)93)48-113(101,102)103/h8-10,16-17,20-28,30-32,46-47,59-62H,11-15,18-19,29,33-45,48H2,1-7H3,(H,77,85)(H,78,86)(H,79,87)(H,88,89)(H,90,91)(H,92,93)(H2,80,81,94)(H,95,96,97)(H,98,99,100)(H,101,102,103)(H,104,105,106)(H,107,108,109)/b31-23+,53-24+,65-32+,76-64?/t59-,60-,61-,62-/m0/s1. The summed E-state index contributed by atoms with van der Waals surface area (Å²) in [4.78, 5) is 98.9. The number of carbonyl (C=O) groups excluding carboxylic acids is 4. The third kappa shape index (κ3) is 30.7. The van der Waals surface area contributed by atoms with E-state index < -0.39 is 151 Å². The molecule has 6 rings (SSSR count). The molecule has 1 heterocycles. The molecule has 4 atom stereocenters. The van der Waals surface area contributed by atoms with Crippen LogP contribution in [-0.4, -0.2) is 239 Å². The van der Waals surface area contributed by atoms with Gasteiger partial charge in [-0.1, -0.05) is 88.4 Å². The highest BCUT2D eigenvalue weighted by Crippen LogP contribution is 2.49. The van der Waals surface area contributed by atoms with E-state index in [2.05, 4.69) is 16.0 Å². The summed E-state index contributed by atoms with van der Waals surface area (Å²) in [5, 5.41) is 41.1. The van der Waals surface area contributed by atoms with Gasteiger partial charge in [0.2, 0.25) is 17.7 Å². The molecule has 13 N–H and O–H groups in total. The molecule has 0 fully saturated rings. The first-order valence-electron chi connectivity index (χ1n) is 36.5. The predicted molar refractivity (Wildman–Crippen MR) is 426 cm³/mol. The number of benzene rings is 4. The first-order chi connectivity index (χ1) is 53.5. The summed E-state index contributed by atoms with van der Waals surface area (Å²) >= 11 is 0. The van der Waals surface area contributed by atoms with Crippen LogP contribution in [0.25, 0.3) is 0 Å². The number of fused-ring (bicyclic) bond motifs is 1. The van der Waals surface area contributed by atoms with Crippen molar-refractivity contribution in [2.24, 2.45) is 4.99 Å². The molecule has 0 saturated carbocycles. The van der Waals surface area contributed by atoms with Gasteiger partial charge in [-0.2, -0.15) is 42.1 Å². The van der Waals surface area contributed by atoms with Crippen molar-refractivity contribution in [3.63, 3.8) is 0 Å². The Labute approximate surface area is 669 Å². The van der Waals surface area contributed by atoms with Gasteiger partial charge in [-0.15, -0.1) is 0 Å². The van der Waals surface area contributed by atoms with Crippen LogP contribution in [-0.2, 0) is 103 Å². The molecule has 1 aliphatic heterocycles. The summed E-state index contributed by atoms with van der Waals surface area (Å²) in [6.45, 7) is 10.8. The Balaban J connectivity index is 1.22. The number of aryl methyl sites for hydroxylation is 1. The molecule has 5 amide bonds. The Morgan fingerprint density at radius 1 is 0.617 bits per heavy atom. The molecule has 0 unspecified atom stereocenters. The van der Waals surface area contributed by atoms with Gasteiger partial charge in [-0.25, -0.2) is 19.2 Å². The van der Waals surface area contributed by atoms with Crippen molar-refractivity contribution >= 4 is 104 Å². The molecule has 2 aliphatic rings. The number of hydrogen-bond donors (Lipinski definition) is 13. The number of amides is 5. The fraction of sp³-hybridized carbons (Fsp3) is 0.467. The van der Waals surface area contributed by atoms with Crippen LogP contribution < -0.4 is 36.2 Å². The van der Waals surface area contributed by atoms with Gasteiger partial charge >= 0.3 is 23.9 Å². The quantitative estimate of drug-likeness (QED) is 0.0151. The highest BCUT2D eigenvalue weighted by atomic mass is 32.2. The van der Waals surface area contributed by atoms with E-state index in [1.165, 1.54) is 24.3 Å². The number of urea groups is 1. The van der Waals surface area contributed by atoms with E-state index in [4.69, 9.17) is 14.3 Å². The monoisotopic (exact) mass is 1700 g/mol. The van der Waals surface area contributed by atoms with Crippen molar-refractivity contribution < 1.29 is 118 Å². The molecule has 1 aliphatic carbocycles. The van der Waals surface area contributed by atoms with Crippen LogP contribution >= 0.6 is 0 Å². The van der Waals surface area contributed by atoms with Crippen LogP contribution in [0.5, 0.6) is 5.75 Å². The zero-order chi connectivity index (χ0) is 85.6. The number of carboxylic acids is 3. The molecule has 0 saturated heterocycles. The lowest BCUT2D eigenvalue weighted by Gasteiger charge is -2.29. The Hall–Kier alpha value is -9.33. The summed E-state index contributed by atoms with van der Waals surface area (Å²) in [6.07, 6.45) is 7.96. The molecular weight excluding hydrogens is 1600 g/mol. The SMILES string of the molecule is Cc1ccc(S(=O)(=O)O)cc1C(C)(C)C(/C=C/C1=C(Oc2ccc(C[C@H](NC(=O)[C@H](Cc3ccccc3)NC(=O)CCN(C)CCN(C)CCNC(=O)CC[C@H](NC(=O)N[C@@H](CS(=O)(=O)O)C(=O)O)C(=O)O)C(=O)O)cc2)C(=C/C=C2/N(CCCCS(=O)(=O)O)c3ccc(S(=O)(=O)O)cc3C2(C)C)/CCC1)=NCCCCS(=O)(=O)O. The normalized spacial score (nSPS) is 16.1. The van der Waals surface area contributed by atoms with Crippen molar-refractivity contribution in [2.45, 2.75) is 156 Å². The molecular formula is C75H101N9O26S5. The minimum absolute atomic E-state index is 0.0168. The number of anilines is 1. The van der Waals surface area contributed by atoms with E-state index in [0.29, 0.717) is 101 Å². The number of allylic oxidation sites excluding steroid dienone is 7. The molecule has 35 nitrogen and oxygen atoms in total. The predicted octanol–water partition coefficient (Wildman–Crippen LogP) is 5.31. The average Bonchev–Trinajstić information content (AvgIpc) is 1.60. The van der Waals surface area contributed by atoms with Gasteiger partial charge in [-0.3, -0.25) is 42.1 Å². The zero-order valence-electron chi connectivity index (χ0n) is 64.6. The molecule has 115 heavy (non-hydrogen) atoms. The highest BCUT2D eigenvalue weighted by molar-refractivity contribution is 7.86. The number of nitrogens with zero attached hydrogens (tertiary/aromatic N) is 4. The Morgan fingerprint density at radius 2 is 1.19 bits per heavy atom. The van der Waals surface area contributed by atoms with Gasteiger partial charge < -0.3 is 61.3 Å². The number of rotatable bonds is 45. The summed E-state index contributed by atoms with van der Waals surface area (Å²) in [5.74, 6) is -8.50. The van der Waals surface area contributed by atoms with Crippen molar-refractivity contribution in [1.82, 2.24) is 36.4 Å². The molecule has 4 aromatic rings. The minimum Gasteiger partial charge on any atom is -0.480 e. The van der Waals surface area contributed by atoms with Crippen LogP contribution in [0.4, 0.5) is 10.5 Å². The maximum Gasteiger partial charge on any atom is 0.327 e. The number of nitrogens with one attached hydrogen (secondary N) is 5. The third-order valence-corrected chi connectivity index (χ3v) is 23.3. The lowest BCUT2D eigenvalue weighted by atomic mass is 9.77. The largest absolute Gasteiger partial charge is 0.480 e. The van der Waals surface area contributed by atoms with Crippen LogP contribution in [0.1, 0.15) is 120 Å². The van der Waals surface area contributed by atoms with Crippen molar-refractivity contribution in [3.05, 3.63) is 166 Å². The van der Waals surface area contributed by atoms with Gasteiger partial charge in [0, 0.05) is 99.4 Å². The number of hydrogen-bond acceptors (Lipinski definition) is 22. The summed E-state index contributed by atoms with van der Waals surface area (Å²) in [6, 6.07) is 15.5. The first-order valence-corrected chi connectivity index (χ1v) is 44.2. The molecule has 4 aromatic carbocycles. The van der Waals surface area contributed by atoms with Crippen LogP contribution in [0.2, 0.25) is 0 Å². The fourth-order valence-corrected chi connectivity index (χ4v) is 15.7. The van der Waals surface area contributed by atoms with Gasteiger partial charge in [-0.05, 0) is 166 Å². The lowest BCUT2D eigenvalue weighted by Crippen LogP contribution is -2.53. The molecule has 632 valence electrons. The van der Waals surface area contributed by atoms with Crippen molar-refractivity contribution in [1.29, 1.82) is 0 Å². The van der Waals surface area contributed by atoms with Crippen LogP contribution in [0.15, 0.2) is 153 Å². The number of unbranched alkanes of at least 4 members (excludes halogenated alkanes) is 2. The number of carbonyl (C=O) groups is 7. The fourth-order valence-electron chi connectivity index (χ4n) is 12.9. The second-order valence-electron chi connectivity index (χ2n) is 29.1.